The SMILES string of the molecule is BC(NC(=O)OCc1ccccc1)(C(=O)OCc1ccccc1)C(=O)OCc1ccccc1. The van der Waals surface area contributed by atoms with E-state index < -0.39 is 23.5 Å². The molecule has 0 aliphatic carbocycles. The first-order chi connectivity index (χ1) is 16.0. The Hall–Kier alpha value is -4.07. The highest BCUT2D eigenvalue weighted by atomic mass is 16.6. The molecule has 8 heteroatoms. The summed E-state index contributed by atoms with van der Waals surface area (Å²) in [6, 6.07) is 27.0. The molecular weight excluding hydrogens is 421 g/mol. The van der Waals surface area contributed by atoms with Crippen LogP contribution in [0.4, 0.5) is 4.79 Å². The smallest absolute Gasteiger partial charge is 0.408 e. The van der Waals surface area contributed by atoms with Crippen molar-refractivity contribution in [3.63, 3.8) is 0 Å². The Morgan fingerprint density at radius 3 is 1.30 bits per heavy atom. The third kappa shape index (κ3) is 6.97. The number of hydrogen-bond acceptors (Lipinski definition) is 6. The van der Waals surface area contributed by atoms with Gasteiger partial charge in [-0.3, -0.25) is 0 Å². The van der Waals surface area contributed by atoms with Gasteiger partial charge in [-0.15, -0.1) is 0 Å². The van der Waals surface area contributed by atoms with Gasteiger partial charge in [0, 0.05) is 0 Å². The predicted octanol–water partition coefficient (Wildman–Crippen LogP) is 2.73. The summed E-state index contributed by atoms with van der Waals surface area (Å²) in [4.78, 5) is 38.3. The summed E-state index contributed by atoms with van der Waals surface area (Å²) in [5.74, 6) is -1.91. The van der Waals surface area contributed by atoms with Crippen LogP contribution in [0.25, 0.3) is 0 Å². The molecule has 0 radical (unpaired) electrons. The lowest BCUT2D eigenvalue weighted by atomic mass is 9.77. The molecule has 0 heterocycles. The van der Waals surface area contributed by atoms with E-state index in [1.54, 1.807) is 60.7 Å². The lowest BCUT2D eigenvalue weighted by Gasteiger charge is -2.26. The molecule has 1 amide bonds. The second-order valence-corrected chi connectivity index (χ2v) is 7.44. The fourth-order valence-corrected chi connectivity index (χ4v) is 2.88. The van der Waals surface area contributed by atoms with Crippen molar-refractivity contribution in [2.75, 3.05) is 0 Å². The molecule has 0 unspecified atom stereocenters. The molecule has 33 heavy (non-hydrogen) atoms. The molecule has 3 rings (SSSR count). The van der Waals surface area contributed by atoms with E-state index >= 15 is 0 Å². The van der Waals surface area contributed by atoms with Crippen molar-refractivity contribution in [1.29, 1.82) is 0 Å². The molecule has 0 saturated heterocycles. The van der Waals surface area contributed by atoms with E-state index in [-0.39, 0.29) is 19.8 Å². The Labute approximate surface area is 193 Å². The van der Waals surface area contributed by atoms with Crippen LogP contribution in [0.1, 0.15) is 16.7 Å². The molecule has 0 spiro atoms. The highest BCUT2D eigenvalue weighted by Gasteiger charge is 2.46. The van der Waals surface area contributed by atoms with Crippen molar-refractivity contribution in [3.8, 4) is 0 Å². The summed E-state index contributed by atoms with van der Waals surface area (Å²) in [6.07, 6.45) is -0.949. The minimum absolute atomic E-state index is 0.0269. The number of benzene rings is 3. The van der Waals surface area contributed by atoms with Crippen molar-refractivity contribution in [2.24, 2.45) is 0 Å². The zero-order valence-corrected chi connectivity index (χ0v) is 18.2. The molecule has 168 valence electrons. The van der Waals surface area contributed by atoms with Gasteiger partial charge in [0.2, 0.25) is 0 Å². The first-order valence-corrected chi connectivity index (χ1v) is 10.4. The Morgan fingerprint density at radius 2 is 0.939 bits per heavy atom. The third-order valence-corrected chi connectivity index (χ3v) is 4.81. The van der Waals surface area contributed by atoms with Crippen molar-refractivity contribution < 1.29 is 28.6 Å². The lowest BCUT2D eigenvalue weighted by Crippen LogP contribution is -2.62. The van der Waals surface area contributed by atoms with E-state index in [0.29, 0.717) is 0 Å². The van der Waals surface area contributed by atoms with Crippen LogP contribution in [-0.4, -0.2) is 31.3 Å². The molecule has 0 aliphatic rings. The van der Waals surface area contributed by atoms with Gasteiger partial charge in [0.25, 0.3) is 0 Å². The number of carbonyl (C=O) groups excluding carboxylic acids is 3. The zero-order chi connectivity index (χ0) is 23.5. The summed E-state index contributed by atoms with van der Waals surface area (Å²) in [5, 5.41) is 2.33. The second kappa shape index (κ2) is 11.5. The van der Waals surface area contributed by atoms with Crippen LogP contribution >= 0.6 is 0 Å². The van der Waals surface area contributed by atoms with E-state index in [4.69, 9.17) is 14.2 Å². The molecule has 3 aromatic carbocycles. The monoisotopic (exact) mass is 445 g/mol. The van der Waals surface area contributed by atoms with E-state index in [1.165, 1.54) is 7.85 Å². The molecule has 0 bridgehead atoms. The first kappa shape index (κ1) is 23.6. The van der Waals surface area contributed by atoms with E-state index in [1.807, 2.05) is 30.3 Å². The topological polar surface area (TPSA) is 90.9 Å². The van der Waals surface area contributed by atoms with Gasteiger partial charge in [-0.05, 0) is 16.7 Å². The van der Waals surface area contributed by atoms with Gasteiger partial charge in [0.05, 0.1) is 0 Å². The maximum Gasteiger partial charge on any atom is 0.408 e. The van der Waals surface area contributed by atoms with Crippen LogP contribution < -0.4 is 5.32 Å². The molecule has 3 aromatic rings. The largest absolute Gasteiger partial charge is 0.459 e. The Balaban J connectivity index is 1.68. The van der Waals surface area contributed by atoms with Gasteiger partial charge in [0.1, 0.15) is 19.8 Å². The molecule has 1 N–H and O–H groups in total. The lowest BCUT2D eigenvalue weighted by molar-refractivity contribution is -0.162. The Bertz CT molecular complexity index is 1000. The molecule has 7 nitrogen and oxygen atoms in total. The molecule has 0 aliphatic heterocycles. The van der Waals surface area contributed by atoms with Crippen LogP contribution in [0, 0.1) is 0 Å². The van der Waals surface area contributed by atoms with Crippen LogP contribution in [-0.2, 0) is 43.6 Å². The quantitative estimate of drug-likeness (QED) is 0.236. The average Bonchev–Trinajstić information content (AvgIpc) is 2.86. The summed E-state index contributed by atoms with van der Waals surface area (Å²) in [6.45, 7) is -0.162. The van der Waals surface area contributed by atoms with Gasteiger partial charge in [-0.1, -0.05) is 91.0 Å². The number of hydrogen-bond donors (Lipinski definition) is 1. The number of rotatable bonds is 9. The number of carbonyl (C=O) groups is 3. The summed E-state index contributed by atoms with van der Waals surface area (Å²) in [7, 11) is 1.23. The summed E-state index contributed by atoms with van der Waals surface area (Å²) < 4.78 is 15.8. The Morgan fingerprint density at radius 1 is 0.606 bits per heavy atom. The van der Waals surface area contributed by atoms with Crippen molar-refractivity contribution in [1.82, 2.24) is 5.32 Å². The minimum Gasteiger partial charge on any atom is -0.459 e. The number of nitrogens with one attached hydrogen (secondary N) is 1. The van der Waals surface area contributed by atoms with Crippen LogP contribution in [0.2, 0.25) is 0 Å². The summed E-state index contributed by atoms with van der Waals surface area (Å²) in [5.41, 5.74) is 0.125. The fourth-order valence-electron chi connectivity index (χ4n) is 2.88. The van der Waals surface area contributed by atoms with Crippen LogP contribution in [0.15, 0.2) is 91.0 Å². The van der Waals surface area contributed by atoms with Crippen LogP contribution in [0.5, 0.6) is 0 Å². The van der Waals surface area contributed by atoms with Gasteiger partial charge < -0.3 is 19.5 Å². The summed E-state index contributed by atoms with van der Waals surface area (Å²) >= 11 is 0. The number of esters is 2. The number of amides is 1. The second-order valence-electron chi connectivity index (χ2n) is 7.44. The fraction of sp³-hybridized carbons (Fsp3) is 0.160. The molecule has 0 saturated carbocycles. The number of ether oxygens (including phenoxy) is 3. The predicted molar refractivity (Wildman–Crippen MR) is 124 cm³/mol. The van der Waals surface area contributed by atoms with Gasteiger partial charge in [-0.25, -0.2) is 14.4 Å². The third-order valence-electron chi connectivity index (χ3n) is 4.81. The molecule has 0 atom stereocenters. The van der Waals surface area contributed by atoms with Crippen LogP contribution in [0.3, 0.4) is 0 Å². The minimum atomic E-state index is -2.10. The van der Waals surface area contributed by atoms with E-state index in [9.17, 15) is 14.4 Å². The van der Waals surface area contributed by atoms with Crippen molar-refractivity contribution in [2.45, 2.75) is 25.3 Å². The normalized spacial score (nSPS) is 10.7. The maximum absolute atomic E-state index is 12.9. The van der Waals surface area contributed by atoms with Crippen molar-refractivity contribution in [3.05, 3.63) is 108 Å². The average molecular weight is 445 g/mol. The van der Waals surface area contributed by atoms with Gasteiger partial charge >= 0.3 is 18.0 Å². The molecular formula is C25H24BNO6. The van der Waals surface area contributed by atoms with Gasteiger partial charge in [0.15, 0.2) is 13.3 Å². The molecule has 0 aromatic heterocycles. The highest BCUT2D eigenvalue weighted by Crippen LogP contribution is 2.12. The standard InChI is InChI=1S/C25H24BNO6/c26-25(22(28)31-16-19-10-4-1-5-11-19,23(29)32-17-20-12-6-2-7-13-20)27-24(30)33-18-21-14-8-3-9-15-21/h1-15H,16-18,26H2,(H,27,30). The maximum atomic E-state index is 12.9. The van der Waals surface area contributed by atoms with E-state index in [0.717, 1.165) is 16.7 Å². The van der Waals surface area contributed by atoms with Crippen molar-refractivity contribution >= 4 is 25.9 Å². The highest BCUT2D eigenvalue weighted by molar-refractivity contribution is 6.40. The molecule has 0 fully saturated rings. The van der Waals surface area contributed by atoms with Gasteiger partial charge in [-0.2, -0.15) is 0 Å². The Kier molecular flexibility index (Phi) is 8.24. The van der Waals surface area contributed by atoms with E-state index in [2.05, 4.69) is 5.32 Å². The number of alkyl carbamates (subject to hydrolysis) is 1. The zero-order valence-electron chi connectivity index (χ0n) is 18.2. The first-order valence-electron chi connectivity index (χ1n) is 10.4.